The molecule has 6 nitrogen and oxygen atoms in total. The number of hydrogen-bond acceptors (Lipinski definition) is 5. The fourth-order valence-corrected chi connectivity index (χ4v) is 4.93. The zero-order valence-corrected chi connectivity index (χ0v) is 21.5. The van der Waals surface area contributed by atoms with Gasteiger partial charge in [0.25, 0.3) is 0 Å². The smallest absolute Gasteiger partial charge is 0.339 e. The van der Waals surface area contributed by atoms with E-state index in [-0.39, 0.29) is 29.2 Å². The van der Waals surface area contributed by atoms with E-state index in [1.54, 1.807) is 6.21 Å². The molecule has 2 aromatic rings. The molecule has 1 aromatic heterocycles. The Morgan fingerprint density at radius 1 is 1.13 bits per heavy atom. The van der Waals surface area contributed by atoms with E-state index in [1.165, 1.54) is 25.2 Å². The molecule has 0 spiro atoms. The van der Waals surface area contributed by atoms with Gasteiger partial charge in [0.2, 0.25) is 5.89 Å². The monoisotopic (exact) mass is 545 g/mol. The predicted octanol–water partition coefficient (Wildman–Crippen LogP) is 7.46. The summed E-state index contributed by atoms with van der Waals surface area (Å²) < 4.78 is 82.5. The van der Waals surface area contributed by atoms with Crippen LogP contribution in [0.25, 0.3) is 0 Å². The fraction of sp³-hybridized carbons (Fsp3) is 0.615. The van der Waals surface area contributed by atoms with Gasteiger partial charge in [-0.05, 0) is 51.0 Å². The molecule has 1 aliphatic rings. The van der Waals surface area contributed by atoms with Gasteiger partial charge in [-0.2, -0.15) is 36.4 Å². The van der Waals surface area contributed by atoms with Crippen LogP contribution in [0.2, 0.25) is 0 Å². The summed E-state index contributed by atoms with van der Waals surface area (Å²) in [5, 5.41) is 8.37. The number of aryl methyl sites for hydroxylation is 1. The van der Waals surface area contributed by atoms with Crippen molar-refractivity contribution in [1.82, 2.24) is 15.6 Å². The van der Waals surface area contributed by atoms with Gasteiger partial charge in [-0.3, -0.25) is 10.4 Å². The number of nitrogens with one attached hydrogen (secondary N) is 1. The number of halogens is 6. The Kier molecular flexibility index (Phi) is 9.94. The number of benzene rings is 1. The van der Waals surface area contributed by atoms with E-state index in [1.807, 2.05) is 0 Å². The van der Waals surface area contributed by atoms with Crippen molar-refractivity contribution < 1.29 is 30.9 Å². The molecule has 0 aliphatic heterocycles. The zero-order valence-electron chi connectivity index (χ0n) is 21.5. The first-order valence-corrected chi connectivity index (χ1v) is 12.8. The van der Waals surface area contributed by atoms with Crippen LogP contribution >= 0.6 is 0 Å². The van der Waals surface area contributed by atoms with Crippen molar-refractivity contribution >= 4 is 12.1 Å². The van der Waals surface area contributed by atoms with Gasteiger partial charge >= 0.3 is 12.4 Å². The molecular formula is C26H33F6N5O. The quantitative estimate of drug-likeness (QED) is 0.111. The minimum Gasteiger partial charge on any atom is -0.339 e. The van der Waals surface area contributed by atoms with Crippen LogP contribution in [0.15, 0.2) is 38.9 Å². The number of hydrazone groups is 1. The Balaban J connectivity index is 1.60. The van der Waals surface area contributed by atoms with Crippen LogP contribution in [-0.2, 0) is 12.6 Å². The molecule has 38 heavy (non-hydrogen) atoms. The number of aliphatic imine (C=N–C) groups is 1. The first-order chi connectivity index (χ1) is 18.0. The molecule has 210 valence electrons. The summed E-state index contributed by atoms with van der Waals surface area (Å²) in [4.78, 5) is 8.39. The fourth-order valence-electron chi connectivity index (χ4n) is 4.93. The lowest BCUT2D eigenvalue weighted by Crippen LogP contribution is -2.31. The van der Waals surface area contributed by atoms with Gasteiger partial charge in [-0.15, -0.1) is 0 Å². The van der Waals surface area contributed by atoms with Crippen LogP contribution in [0, 0.1) is 5.41 Å². The summed E-state index contributed by atoms with van der Waals surface area (Å²) in [6, 6.07) is 5.22. The van der Waals surface area contributed by atoms with Crippen molar-refractivity contribution in [2.45, 2.75) is 89.4 Å². The third-order valence-corrected chi connectivity index (χ3v) is 6.90. The molecule has 1 saturated carbocycles. The second-order valence-corrected chi connectivity index (χ2v) is 9.74. The van der Waals surface area contributed by atoms with Gasteiger partial charge in [-0.1, -0.05) is 36.7 Å². The van der Waals surface area contributed by atoms with E-state index in [9.17, 15) is 26.3 Å². The molecule has 0 amide bonds. The van der Waals surface area contributed by atoms with Crippen LogP contribution in [0.4, 0.5) is 26.3 Å². The first-order valence-electron chi connectivity index (χ1n) is 12.8. The van der Waals surface area contributed by atoms with Crippen molar-refractivity contribution in [2.24, 2.45) is 15.5 Å². The average Bonchev–Trinajstić information content (AvgIpc) is 3.33. The molecule has 3 rings (SSSR count). The summed E-state index contributed by atoms with van der Waals surface area (Å²) in [6.07, 6.45) is -2.19. The lowest BCUT2D eigenvalue weighted by atomic mass is 9.68. The van der Waals surface area contributed by atoms with Crippen LogP contribution in [0.5, 0.6) is 0 Å². The molecule has 0 saturated heterocycles. The average molecular weight is 546 g/mol. The molecule has 1 N–H and O–H groups in total. The van der Waals surface area contributed by atoms with Crippen LogP contribution in [-0.4, -0.2) is 35.4 Å². The van der Waals surface area contributed by atoms with Crippen molar-refractivity contribution in [3.05, 3.63) is 47.1 Å². The van der Waals surface area contributed by atoms with Crippen LogP contribution in [0.1, 0.15) is 93.5 Å². The highest BCUT2D eigenvalue weighted by atomic mass is 19.4. The van der Waals surface area contributed by atoms with Gasteiger partial charge in [0, 0.05) is 43.0 Å². The minimum atomic E-state index is -4.52. The molecule has 0 unspecified atom stereocenters. The summed E-state index contributed by atoms with van der Waals surface area (Å²) in [5.74, 6) is 1.02. The van der Waals surface area contributed by atoms with Gasteiger partial charge in [0.1, 0.15) is 5.84 Å². The largest absolute Gasteiger partial charge is 0.417 e. The maximum absolute atomic E-state index is 13.4. The molecular weight excluding hydrogens is 512 g/mol. The maximum atomic E-state index is 13.4. The molecule has 1 fully saturated rings. The minimum absolute atomic E-state index is 0.0177. The molecule has 1 aliphatic carbocycles. The van der Waals surface area contributed by atoms with Crippen molar-refractivity contribution in [3.8, 4) is 0 Å². The van der Waals surface area contributed by atoms with E-state index in [4.69, 9.17) is 4.52 Å². The molecule has 1 heterocycles. The number of hydrogen-bond donors (Lipinski definition) is 1. The second kappa shape index (κ2) is 12.8. The highest BCUT2D eigenvalue weighted by Crippen LogP contribution is 2.44. The van der Waals surface area contributed by atoms with E-state index in [0.717, 1.165) is 44.6 Å². The number of rotatable bonds is 10. The Labute approximate surface area is 218 Å². The Morgan fingerprint density at radius 2 is 1.84 bits per heavy atom. The summed E-state index contributed by atoms with van der Waals surface area (Å²) in [6.45, 7) is 2.07. The molecule has 0 radical (unpaired) electrons. The highest BCUT2D eigenvalue weighted by Gasteiger charge is 2.36. The number of aromatic nitrogens is 2. The SMILES string of the molecule is CCCC1(/C=N/NC(=NC)c2ccccc2C(F)(F)F)CCC(c2noc(CCCCC(F)(F)F)n2)CC1. The van der Waals surface area contributed by atoms with Crippen LogP contribution < -0.4 is 5.43 Å². The van der Waals surface area contributed by atoms with Crippen LogP contribution in [0.3, 0.4) is 0 Å². The number of unbranched alkanes of at least 4 members (excludes halogenated alkanes) is 1. The Hall–Kier alpha value is -2.92. The van der Waals surface area contributed by atoms with Gasteiger partial charge in [0.05, 0.1) is 5.56 Å². The standard InChI is InChI=1S/C26H33F6N5O/c1-3-13-24(17-34-36-23(33-2)19-8-4-5-9-20(19)26(30,31)32)15-11-18(12-16-24)22-35-21(38-37-22)10-6-7-14-25(27,28)29/h4-5,8-9,17-18H,3,6-7,10-16H2,1-2H3,(H,33,36)/b34-17+. The Morgan fingerprint density at radius 3 is 2.47 bits per heavy atom. The van der Waals surface area contributed by atoms with Crippen molar-refractivity contribution in [3.63, 3.8) is 0 Å². The normalized spacial score (nSPS) is 21.3. The lowest BCUT2D eigenvalue weighted by molar-refractivity contribution is -0.138. The molecule has 1 aromatic carbocycles. The Bertz CT molecular complexity index is 1080. The summed E-state index contributed by atoms with van der Waals surface area (Å²) >= 11 is 0. The van der Waals surface area contributed by atoms with E-state index in [0.29, 0.717) is 24.6 Å². The summed E-state index contributed by atoms with van der Waals surface area (Å²) in [5.41, 5.74) is 1.63. The molecule has 0 atom stereocenters. The van der Waals surface area contributed by atoms with Crippen molar-refractivity contribution in [2.75, 3.05) is 7.05 Å². The predicted molar refractivity (Wildman–Crippen MR) is 132 cm³/mol. The van der Waals surface area contributed by atoms with Gasteiger partial charge < -0.3 is 4.52 Å². The highest BCUT2D eigenvalue weighted by molar-refractivity contribution is 6.00. The maximum Gasteiger partial charge on any atom is 0.417 e. The number of amidine groups is 1. The third-order valence-electron chi connectivity index (χ3n) is 6.90. The van der Waals surface area contributed by atoms with E-state index < -0.39 is 24.3 Å². The second-order valence-electron chi connectivity index (χ2n) is 9.74. The molecule has 12 heteroatoms. The van der Waals surface area contributed by atoms with E-state index in [2.05, 4.69) is 32.6 Å². The summed E-state index contributed by atoms with van der Waals surface area (Å²) in [7, 11) is 1.41. The topological polar surface area (TPSA) is 75.7 Å². The van der Waals surface area contributed by atoms with E-state index >= 15 is 0 Å². The lowest BCUT2D eigenvalue weighted by Gasteiger charge is -2.36. The van der Waals surface area contributed by atoms with Gasteiger partial charge in [-0.25, -0.2) is 0 Å². The van der Waals surface area contributed by atoms with Gasteiger partial charge in [0.15, 0.2) is 5.82 Å². The third kappa shape index (κ3) is 8.29. The number of nitrogens with zero attached hydrogens (tertiary/aromatic N) is 4. The molecule has 0 bridgehead atoms. The first kappa shape index (κ1) is 29.6. The number of alkyl halides is 6. The van der Waals surface area contributed by atoms with Crippen molar-refractivity contribution in [1.29, 1.82) is 0 Å². The zero-order chi connectivity index (χ0) is 27.8.